The molecule has 3 rings (SSSR count). The van der Waals surface area contributed by atoms with Gasteiger partial charge in [0, 0.05) is 19.3 Å². The molecule has 26 heavy (non-hydrogen) atoms. The molecule has 1 heterocycles. The zero-order chi connectivity index (χ0) is 18.2. The molecule has 5 heteroatoms. The Morgan fingerprint density at radius 3 is 2.77 bits per heavy atom. The Morgan fingerprint density at radius 1 is 1.23 bits per heavy atom. The molecule has 0 amide bonds. The third-order valence-electron chi connectivity index (χ3n) is 5.12. The first-order chi connectivity index (χ1) is 12.7. The van der Waals surface area contributed by atoms with E-state index >= 15 is 0 Å². The van der Waals surface area contributed by atoms with Gasteiger partial charge in [0.15, 0.2) is 5.79 Å². The predicted molar refractivity (Wildman–Crippen MR) is 97.2 cm³/mol. The number of hydrogen-bond donors (Lipinski definition) is 1. The molecular weight excluding hydrogens is 332 g/mol. The zero-order valence-electron chi connectivity index (χ0n) is 15.1. The van der Waals surface area contributed by atoms with Crippen molar-refractivity contribution in [1.29, 1.82) is 0 Å². The van der Waals surface area contributed by atoms with E-state index in [4.69, 9.17) is 14.2 Å². The second kappa shape index (κ2) is 9.31. The Labute approximate surface area is 155 Å². The van der Waals surface area contributed by atoms with Crippen LogP contribution in [-0.2, 0) is 25.6 Å². The van der Waals surface area contributed by atoms with Crippen molar-refractivity contribution in [3.8, 4) is 0 Å². The molecule has 1 aliphatic heterocycles. The van der Waals surface area contributed by atoms with E-state index in [9.17, 15) is 9.90 Å². The highest BCUT2D eigenvalue weighted by atomic mass is 16.7. The second-order valence-corrected chi connectivity index (χ2v) is 7.07. The van der Waals surface area contributed by atoms with Crippen LogP contribution in [-0.4, -0.2) is 36.2 Å². The number of aliphatic hydroxyl groups is 1. The van der Waals surface area contributed by atoms with Crippen LogP contribution in [0.3, 0.4) is 0 Å². The van der Waals surface area contributed by atoms with Crippen LogP contribution in [0.25, 0.3) is 0 Å². The molecule has 2 atom stereocenters. The topological polar surface area (TPSA) is 65.0 Å². The molecule has 142 valence electrons. The summed E-state index contributed by atoms with van der Waals surface area (Å²) in [5, 5.41) is 10.2. The number of esters is 1. The Morgan fingerprint density at radius 2 is 2.00 bits per heavy atom. The van der Waals surface area contributed by atoms with Gasteiger partial charge in [0.2, 0.25) is 0 Å². The van der Waals surface area contributed by atoms with Crippen LogP contribution in [0.4, 0.5) is 0 Å². The van der Waals surface area contributed by atoms with Crippen LogP contribution >= 0.6 is 0 Å². The van der Waals surface area contributed by atoms with Crippen LogP contribution in [0.1, 0.15) is 44.1 Å². The third kappa shape index (κ3) is 5.40. The fourth-order valence-electron chi connectivity index (χ4n) is 3.64. The van der Waals surface area contributed by atoms with E-state index in [0.29, 0.717) is 39.1 Å². The van der Waals surface area contributed by atoms with E-state index in [1.165, 1.54) is 0 Å². The fraction of sp³-hybridized carbons (Fsp3) is 0.571. The van der Waals surface area contributed by atoms with Gasteiger partial charge in [-0.05, 0) is 30.7 Å². The first kappa shape index (κ1) is 19.1. The van der Waals surface area contributed by atoms with Gasteiger partial charge in [-0.3, -0.25) is 4.79 Å². The maximum absolute atomic E-state index is 11.8. The third-order valence-corrected chi connectivity index (χ3v) is 5.12. The van der Waals surface area contributed by atoms with Gasteiger partial charge in [-0.15, -0.1) is 0 Å². The fourth-order valence-corrected chi connectivity index (χ4v) is 3.64. The lowest BCUT2D eigenvalue weighted by molar-refractivity contribution is -0.201. The number of carbonyl (C=O) groups excluding carboxylic acids is 1. The summed E-state index contributed by atoms with van der Waals surface area (Å²) < 4.78 is 16.8. The largest absolute Gasteiger partial charge is 0.461 e. The number of ether oxygens (including phenoxy) is 3. The molecule has 5 nitrogen and oxygen atoms in total. The zero-order valence-corrected chi connectivity index (χ0v) is 15.1. The van der Waals surface area contributed by atoms with Gasteiger partial charge in [0.05, 0.1) is 19.3 Å². The molecule has 2 fully saturated rings. The van der Waals surface area contributed by atoms with Crippen molar-refractivity contribution in [3.05, 3.63) is 48.0 Å². The summed E-state index contributed by atoms with van der Waals surface area (Å²) in [7, 11) is 0. The average Bonchev–Trinajstić information content (AvgIpc) is 3.11. The summed E-state index contributed by atoms with van der Waals surface area (Å²) in [6.45, 7) is 1.60. The van der Waals surface area contributed by atoms with E-state index in [2.05, 4.69) is 0 Å². The molecule has 2 aliphatic rings. The SMILES string of the molecule is O=C(CCC=CC[C@@H]1CC2(CCC1O)OCCO2)OCc1ccccc1. The minimum atomic E-state index is -0.473. The number of benzene rings is 1. The van der Waals surface area contributed by atoms with Crippen molar-refractivity contribution >= 4 is 5.97 Å². The van der Waals surface area contributed by atoms with Crippen LogP contribution in [0.5, 0.6) is 0 Å². The van der Waals surface area contributed by atoms with E-state index in [0.717, 1.165) is 24.8 Å². The summed E-state index contributed by atoms with van der Waals surface area (Å²) in [4.78, 5) is 11.8. The smallest absolute Gasteiger partial charge is 0.306 e. The first-order valence-corrected chi connectivity index (χ1v) is 9.47. The summed E-state index contributed by atoms with van der Waals surface area (Å²) in [6, 6.07) is 9.67. The monoisotopic (exact) mass is 360 g/mol. The van der Waals surface area contributed by atoms with Crippen LogP contribution in [0, 0.1) is 5.92 Å². The van der Waals surface area contributed by atoms with Crippen LogP contribution in [0.15, 0.2) is 42.5 Å². The van der Waals surface area contributed by atoms with Crippen molar-refractivity contribution in [3.63, 3.8) is 0 Å². The Kier molecular flexibility index (Phi) is 6.83. The number of aliphatic hydroxyl groups excluding tert-OH is 1. The standard InChI is InChI=1S/C21H28O5/c22-19-11-12-21(25-13-14-26-21)15-18(19)9-5-2-6-10-20(23)24-16-17-7-3-1-4-8-17/h1-5,7-8,18-19,22H,6,9-16H2/t18-,19?/m1/s1. The first-order valence-electron chi connectivity index (χ1n) is 9.47. The molecule has 1 saturated heterocycles. The summed E-state index contributed by atoms with van der Waals surface area (Å²) in [5.74, 6) is -0.523. The molecule has 0 aromatic heterocycles. The molecular formula is C21H28O5. The van der Waals surface area contributed by atoms with Crippen LogP contribution < -0.4 is 0 Å². The molecule has 1 unspecified atom stereocenters. The highest BCUT2D eigenvalue weighted by molar-refractivity contribution is 5.69. The number of allylic oxidation sites excluding steroid dienone is 2. The maximum Gasteiger partial charge on any atom is 0.306 e. The summed E-state index contributed by atoms with van der Waals surface area (Å²) in [5.41, 5.74) is 0.993. The van der Waals surface area contributed by atoms with Gasteiger partial charge >= 0.3 is 5.97 Å². The lowest BCUT2D eigenvalue weighted by atomic mass is 9.80. The van der Waals surface area contributed by atoms with Crippen molar-refractivity contribution in [2.75, 3.05) is 13.2 Å². The van der Waals surface area contributed by atoms with Crippen LogP contribution in [0.2, 0.25) is 0 Å². The van der Waals surface area contributed by atoms with Gasteiger partial charge in [0.1, 0.15) is 6.61 Å². The highest BCUT2D eigenvalue weighted by Gasteiger charge is 2.44. The van der Waals surface area contributed by atoms with Gasteiger partial charge in [0.25, 0.3) is 0 Å². The maximum atomic E-state index is 11.8. The van der Waals surface area contributed by atoms with Crippen molar-refractivity contribution in [2.24, 2.45) is 5.92 Å². The molecule has 0 radical (unpaired) electrons. The Balaban J connectivity index is 1.34. The second-order valence-electron chi connectivity index (χ2n) is 7.07. The summed E-state index contributed by atoms with van der Waals surface area (Å²) in [6.07, 6.45) is 7.73. The van der Waals surface area contributed by atoms with Gasteiger partial charge < -0.3 is 19.3 Å². The lowest BCUT2D eigenvalue weighted by Crippen LogP contribution is -2.42. The number of rotatable bonds is 7. The summed E-state index contributed by atoms with van der Waals surface area (Å²) >= 11 is 0. The van der Waals surface area contributed by atoms with E-state index < -0.39 is 5.79 Å². The molecule has 1 N–H and O–H groups in total. The van der Waals surface area contributed by atoms with Gasteiger partial charge in [-0.25, -0.2) is 0 Å². The van der Waals surface area contributed by atoms with Crippen molar-refractivity contribution in [1.82, 2.24) is 0 Å². The highest BCUT2D eigenvalue weighted by Crippen LogP contribution is 2.40. The predicted octanol–water partition coefficient (Wildman–Crippen LogP) is 3.36. The van der Waals surface area contributed by atoms with Crippen molar-refractivity contribution in [2.45, 2.75) is 57.0 Å². The number of carbonyl (C=O) groups is 1. The van der Waals surface area contributed by atoms with Gasteiger partial charge in [-0.1, -0.05) is 42.5 Å². The van der Waals surface area contributed by atoms with E-state index in [-0.39, 0.29) is 18.0 Å². The Bertz CT molecular complexity index is 592. The molecule has 1 saturated carbocycles. The van der Waals surface area contributed by atoms with Gasteiger partial charge in [-0.2, -0.15) is 0 Å². The molecule has 1 spiro atoms. The minimum absolute atomic E-state index is 0.142. The molecule has 1 aliphatic carbocycles. The minimum Gasteiger partial charge on any atom is -0.461 e. The van der Waals surface area contributed by atoms with E-state index in [1.54, 1.807) is 0 Å². The lowest BCUT2D eigenvalue weighted by Gasteiger charge is -2.38. The Hall–Kier alpha value is -1.69. The quantitative estimate of drug-likeness (QED) is 0.597. The normalized spacial score (nSPS) is 25.0. The average molecular weight is 360 g/mol. The van der Waals surface area contributed by atoms with Crippen molar-refractivity contribution < 1.29 is 24.1 Å². The number of hydrogen-bond acceptors (Lipinski definition) is 5. The molecule has 1 aromatic carbocycles. The molecule has 1 aromatic rings. The van der Waals surface area contributed by atoms with E-state index in [1.807, 2.05) is 42.5 Å². The molecule has 0 bridgehead atoms.